The van der Waals surface area contributed by atoms with Gasteiger partial charge in [0, 0.05) is 13.1 Å². The molecule has 7 heteroatoms. The molecule has 0 radical (unpaired) electrons. The van der Waals surface area contributed by atoms with E-state index < -0.39 is 16.8 Å². The third kappa shape index (κ3) is 2.32. The predicted molar refractivity (Wildman–Crippen MR) is 60.9 cm³/mol. The molecular formula is C10H10ClFN2O3. The Morgan fingerprint density at radius 3 is 2.82 bits per heavy atom. The number of benzene rings is 1. The van der Waals surface area contributed by atoms with Gasteiger partial charge >= 0.3 is 0 Å². The van der Waals surface area contributed by atoms with Crippen molar-refractivity contribution in [3.8, 4) is 0 Å². The number of hydrogen-bond acceptors (Lipinski definition) is 4. The average Bonchev–Trinajstić information content (AvgIpc) is 2.68. The Morgan fingerprint density at radius 1 is 1.59 bits per heavy atom. The molecule has 5 nitrogen and oxygen atoms in total. The predicted octanol–water partition coefficient (Wildman–Crippen LogP) is 1.96. The minimum absolute atomic E-state index is 0.160. The highest BCUT2D eigenvalue weighted by Crippen LogP contribution is 2.34. The normalized spacial score (nSPS) is 19.7. The van der Waals surface area contributed by atoms with Crippen LogP contribution < -0.4 is 4.90 Å². The van der Waals surface area contributed by atoms with Gasteiger partial charge in [-0.3, -0.25) is 10.1 Å². The molecule has 1 aliphatic heterocycles. The number of nitro groups is 1. The standard InChI is InChI=1S/C10H10ClFN2O3/c11-7-3-9(13-2-1-6(15)5-13)10(14(16)17)4-8(7)12/h3-4,6,15H,1-2,5H2/t6-/m0/s1. The zero-order valence-corrected chi connectivity index (χ0v) is 9.52. The molecule has 1 heterocycles. The highest BCUT2D eigenvalue weighted by atomic mass is 35.5. The summed E-state index contributed by atoms with van der Waals surface area (Å²) in [7, 11) is 0. The smallest absolute Gasteiger partial charge is 0.295 e. The van der Waals surface area contributed by atoms with Gasteiger partial charge in [0.2, 0.25) is 0 Å². The Bertz CT molecular complexity index is 469. The number of aliphatic hydroxyl groups excluding tert-OH is 1. The molecular weight excluding hydrogens is 251 g/mol. The number of hydrogen-bond donors (Lipinski definition) is 1. The van der Waals surface area contributed by atoms with Crippen LogP contribution in [0.2, 0.25) is 5.02 Å². The van der Waals surface area contributed by atoms with E-state index in [0.29, 0.717) is 19.5 Å². The first kappa shape index (κ1) is 12.1. The summed E-state index contributed by atoms with van der Waals surface area (Å²) in [5.41, 5.74) is -0.0843. The van der Waals surface area contributed by atoms with Crippen LogP contribution in [0.25, 0.3) is 0 Å². The molecule has 1 aromatic rings. The molecule has 0 spiro atoms. The summed E-state index contributed by atoms with van der Waals surface area (Å²) < 4.78 is 13.2. The first-order valence-electron chi connectivity index (χ1n) is 5.05. The van der Waals surface area contributed by atoms with Crippen molar-refractivity contribution in [2.75, 3.05) is 18.0 Å². The topological polar surface area (TPSA) is 66.6 Å². The van der Waals surface area contributed by atoms with Crippen molar-refractivity contribution in [1.29, 1.82) is 0 Å². The minimum Gasteiger partial charge on any atom is -0.391 e. The van der Waals surface area contributed by atoms with Crippen LogP contribution in [-0.4, -0.2) is 29.2 Å². The zero-order chi connectivity index (χ0) is 12.6. The van der Waals surface area contributed by atoms with E-state index in [4.69, 9.17) is 11.6 Å². The Balaban J connectivity index is 2.44. The minimum atomic E-state index is -0.818. The van der Waals surface area contributed by atoms with Gasteiger partial charge in [0.1, 0.15) is 11.5 Å². The molecule has 0 aliphatic carbocycles. The summed E-state index contributed by atoms with van der Waals surface area (Å²) >= 11 is 5.62. The average molecular weight is 261 g/mol. The molecule has 1 fully saturated rings. The summed E-state index contributed by atoms with van der Waals surface area (Å²) in [6.07, 6.45) is 0.0185. The van der Waals surface area contributed by atoms with E-state index in [-0.39, 0.29) is 16.4 Å². The van der Waals surface area contributed by atoms with E-state index in [1.165, 1.54) is 6.07 Å². The molecule has 1 aromatic carbocycles. The number of nitro benzene ring substituents is 1. The summed E-state index contributed by atoms with van der Waals surface area (Å²) in [5, 5.41) is 20.1. The number of halogens is 2. The van der Waals surface area contributed by atoms with Crippen molar-refractivity contribution in [1.82, 2.24) is 0 Å². The van der Waals surface area contributed by atoms with E-state index in [2.05, 4.69) is 0 Å². The lowest BCUT2D eigenvalue weighted by molar-refractivity contribution is -0.384. The highest BCUT2D eigenvalue weighted by molar-refractivity contribution is 6.31. The van der Waals surface area contributed by atoms with E-state index in [9.17, 15) is 19.6 Å². The van der Waals surface area contributed by atoms with Gasteiger partial charge in [-0.25, -0.2) is 4.39 Å². The van der Waals surface area contributed by atoms with E-state index in [1.54, 1.807) is 4.90 Å². The second kappa shape index (κ2) is 4.46. The van der Waals surface area contributed by atoms with E-state index in [1.807, 2.05) is 0 Å². The molecule has 92 valence electrons. The van der Waals surface area contributed by atoms with Crippen LogP contribution in [-0.2, 0) is 0 Å². The SMILES string of the molecule is O=[N+]([O-])c1cc(F)c(Cl)cc1N1CC[C@H](O)C1. The van der Waals surface area contributed by atoms with Crippen LogP contribution in [0.1, 0.15) is 6.42 Å². The quantitative estimate of drug-likeness (QED) is 0.652. The fraction of sp³-hybridized carbons (Fsp3) is 0.400. The van der Waals surface area contributed by atoms with Crippen LogP contribution in [0.15, 0.2) is 12.1 Å². The number of aliphatic hydroxyl groups is 1. The largest absolute Gasteiger partial charge is 0.391 e. The van der Waals surface area contributed by atoms with Crippen molar-refractivity contribution in [3.05, 3.63) is 33.1 Å². The van der Waals surface area contributed by atoms with Crippen LogP contribution in [0.3, 0.4) is 0 Å². The van der Waals surface area contributed by atoms with Crippen molar-refractivity contribution in [3.63, 3.8) is 0 Å². The lowest BCUT2D eigenvalue weighted by Gasteiger charge is -2.18. The Kier molecular flexibility index (Phi) is 3.17. The van der Waals surface area contributed by atoms with Gasteiger partial charge in [0.15, 0.2) is 0 Å². The van der Waals surface area contributed by atoms with Gasteiger partial charge in [-0.1, -0.05) is 11.6 Å². The van der Waals surface area contributed by atoms with Gasteiger partial charge in [-0.05, 0) is 12.5 Å². The fourth-order valence-corrected chi connectivity index (χ4v) is 2.04. The van der Waals surface area contributed by atoms with Gasteiger partial charge in [-0.15, -0.1) is 0 Å². The maximum Gasteiger partial charge on any atom is 0.295 e. The lowest BCUT2D eigenvalue weighted by Crippen LogP contribution is -2.22. The molecule has 0 saturated carbocycles. The molecule has 1 saturated heterocycles. The molecule has 0 bridgehead atoms. The maximum absolute atomic E-state index is 13.2. The van der Waals surface area contributed by atoms with Gasteiger partial charge < -0.3 is 10.0 Å². The van der Waals surface area contributed by atoms with Crippen molar-refractivity contribution in [2.24, 2.45) is 0 Å². The Morgan fingerprint density at radius 2 is 2.29 bits per heavy atom. The third-order valence-electron chi connectivity index (χ3n) is 2.72. The van der Waals surface area contributed by atoms with E-state index in [0.717, 1.165) is 6.07 Å². The van der Waals surface area contributed by atoms with Crippen molar-refractivity contribution >= 4 is 23.0 Å². The molecule has 0 unspecified atom stereocenters. The third-order valence-corrected chi connectivity index (χ3v) is 3.01. The Labute approximate surface area is 102 Å². The fourth-order valence-electron chi connectivity index (χ4n) is 1.89. The maximum atomic E-state index is 13.2. The number of anilines is 1. The van der Waals surface area contributed by atoms with Gasteiger partial charge in [-0.2, -0.15) is 0 Å². The second-order valence-electron chi connectivity index (χ2n) is 3.90. The molecule has 0 aromatic heterocycles. The van der Waals surface area contributed by atoms with Gasteiger partial charge in [0.05, 0.1) is 22.1 Å². The number of rotatable bonds is 2. The first-order chi connectivity index (χ1) is 7.99. The Hall–Kier alpha value is -1.40. The van der Waals surface area contributed by atoms with E-state index >= 15 is 0 Å². The van der Waals surface area contributed by atoms with Crippen LogP contribution >= 0.6 is 11.6 Å². The summed E-state index contributed by atoms with van der Waals surface area (Å²) in [6.45, 7) is 0.784. The lowest BCUT2D eigenvalue weighted by atomic mass is 10.2. The molecule has 17 heavy (non-hydrogen) atoms. The molecule has 1 aliphatic rings. The number of β-amino-alcohol motifs (C(OH)–C–C–N with tert-alkyl or cyclic N) is 1. The van der Waals surface area contributed by atoms with Crippen LogP contribution in [0.4, 0.5) is 15.8 Å². The first-order valence-corrected chi connectivity index (χ1v) is 5.43. The summed E-state index contributed by atoms with van der Waals surface area (Å²) in [6, 6.07) is 2.04. The highest BCUT2D eigenvalue weighted by Gasteiger charge is 2.27. The van der Waals surface area contributed by atoms with Crippen molar-refractivity contribution < 1.29 is 14.4 Å². The van der Waals surface area contributed by atoms with Crippen LogP contribution in [0.5, 0.6) is 0 Å². The molecule has 2 rings (SSSR count). The van der Waals surface area contributed by atoms with Gasteiger partial charge in [0.25, 0.3) is 5.69 Å². The monoisotopic (exact) mass is 260 g/mol. The van der Waals surface area contributed by atoms with Crippen molar-refractivity contribution in [2.45, 2.75) is 12.5 Å². The second-order valence-corrected chi connectivity index (χ2v) is 4.31. The van der Waals surface area contributed by atoms with Crippen LogP contribution in [0, 0.1) is 15.9 Å². The molecule has 1 atom stereocenters. The molecule has 1 N–H and O–H groups in total. The molecule has 0 amide bonds. The summed E-state index contributed by atoms with van der Waals surface area (Å²) in [4.78, 5) is 11.8. The summed E-state index contributed by atoms with van der Waals surface area (Å²) in [5.74, 6) is -0.818. The number of nitrogens with zero attached hydrogens (tertiary/aromatic N) is 2. The zero-order valence-electron chi connectivity index (χ0n) is 8.77.